The molecule has 0 radical (unpaired) electrons. The highest BCUT2D eigenvalue weighted by molar-refractivity contribution is 7.59. The van der Waals surface area contributed by atoms with Gasteiger partial charge < -0.3 is 4.79 Å². The summed E-state index contributed by atoms with van der Waals surface area (Å²) in [4.78, 5) is 10.7. The quantitative estimate of drug-likeness (QED) is 0.476. The predicted molar refractivity (Wildman–Crippen MR) is 64.4 cm³/mol. The molecule has 0 N–H and O–H groups in total. The Labute approximate surface area is 93.1 Å². The van der Waals surface area contributed by atoms with Gasteiger partial charge in [0, 0.05) is 26.2 Å². The van der Waals surface area contributed by atoms with Crippen molar-refractivity contribution < 1.29 is 9.36 Å². The molecule has 0 aromatic heterocycles. The van der Waals surface area contributed by atoms with Crippen LogP contribution in [-0.2, 0) is 9.36 Å². The maximum absolute atomic E-state index is 12.8. The third-order valence-electron chi connectivity index (χ3n) is 2.66. The van der Waals surface area contributed by atoms with Crippen LogP contribution >= 0.6 is 7.44 Å². The van der Waals surface area contributed by atoms with Crippen molar-refractivity contribution in [2.45, 2.75) is 27.7 Å². The van der Waals surface area contributed by atoms with E-state index < -0.39 is 7.44 Å². The van der Waals surface area contributed by atoms with E-state index in [1.54, 1.807) is 0 Å². The van der Waals surface area contributed by atoms with Crippen LogP contribution in [0.15, 0.2) is 0 Å². The Kier molecular flexibility index (Phi) is 7.07. The molecule has 0 atom stereocenters. The van der Waals surface area contributed by atoms with Crippen molar-refractivity contribution in [1.82, 2.24) is 9.34 Å². The molecule has 0 unspecified atom stereocenters. The Hall–Kier alpha value is -0.180. The lowest BCUT2D eigenvalue weighted by atomic mass is 10.7. The minimum absolute atomic E-state index is 0.135. The smallest absolute Gasteiger partial charge is 0.223 e. The van der Waals surface area contributed by atoms with E-state index in [-0.39, 0.29) is 6.16 Å². The van der Waals surface area contributed by atoms with E-state index in [0.717, 1.165) is 32.5 Å². The maximum Gasteiger partial charge on any atom is 0.223 e. The highest BCUT2D eigenvalue weighted by atomic mass is 31.2. The molecule has 0 amide bonds. The standard InChI is InChI=1S/C10H23N2O2P/c1-5-11(6-2)15(14,10-9-13)12(7-3)8-4/h9H,5-8,10H2,1-4H3. The number of aldehydes is 1. The van der Waals surface area contributed by atoms with Gasteiger partial charge in [0.05, 0.1) is 6.16 Å². The van der Waals surface area contributed by atoms with Gasteiger partial charge >= 0.3 is 0 Å². The van der Waals surface area contributed by atoms with Gasteiger partial charge in [0.15, 0.2) is 0 Å². The maximum atomic E-state index is 12.8. The summed E-state index contributed by atoms with van der Waals surface area (Å²) < 4.78 is 16.6. The van der Waals surface area contributed by atoms with Gasteiger partial charge in [0.2, 0.25) is 7.44 Å². The van der Waals surface area contributed by atoms with Crippen molar-refractivity contribution in [2.24, 2.45) is 0 Å². The van der Waals surface area contributed by atoms with Crippen molar-refractivity contribution in [1.29, 1.82) is 0 Å². The molecule has 15 heavy (non-hydrogen) atoms. The summed E-state index contributed by atoms with van der Waals surface area (Å²) in [6.07, 6.45) is 0.910. The van der Waals surface area contributed by atoms with Crippen molar-refractivity contribution in [3.8, 4) is 0 Å². The highest BCUT2D eigenvalue weighted by Gasteiger charge is 2.33. The van der Waals surface area contributed by atoms with Crippen LogP contribution in [-0.4, -0.2) is 48.0 Å². The highest BCUT2D eigenvalue weighted by Crippen LogP contribution is 2.51. The zero-order valence-corrected chi connectivity index (χ0v) is 11.2. The van der Waals surface area contributed by atoms with Gasteiger partial charge in [-0.1, -0.05) is 27.7 Å². The predicted octanol–water partition coefficient (Wildman–Crippen LogP) is 2.06. The molecule has 0 rings (SSSR count). The van der Waals surface area contributed by atoms with Gasteiger partial charge in [-0.2, -0.15) is 0 Å². The zero-order chi connectivity index (χ0) is 11.9. The monoisotopic (exact) mass is 234 g/mol. The molecule has 0 bridgehead atoms. The number of carbonyl (C=O) groups is 1. The third-order valence-corrected chi connectivity index (χ3v) is 6.18. The van der Waals surface area contributed by atoms with Crippen LogP contribution in [0.25, 0.3) is 0 Å². The lowest BCUT2D eigenvalue weighted by molar-refractivity contribution is -0.105. The molecule has 0 fully saturated rings. The molecule has 0 aliphatic heterocycles. The van der Waals surface area contributed by atoms with E-state index in [4.69, 9.17) is 0 Å². The van der Waals surface area contributed by atoms with Crippen LogP contribution < -0.4 is 0 Å². The van der Waals surface area contributed by atoms with E-state index in [2.05, 4.69) is 0 Å². The van der Waals surface area contributed by atoms with Gasteiger partial charge in [-0.3, -0.25) is 4.57 Å². The summed E-state index contributed by atoms with van der Waals surface area (Å²) in [6.45, 7) is 10.8. The normalized spacial score (nSPS) is 12.4. The first-order valence-corrected chi connectivity index (χ1v) is 7.43. The number of rotatable bonds is 8. The summed E-state index contributed by atoms with van der Waals surface area (Å²) >= 11 is 0. The van der Waals surface area contributed by atoms with Crippen LogP contribution in [0.5, 0.6) is 0 Å². The molecule has 4 nitrogen and oxygen atoms in total. The molecule has 0 aliphatic carbocycles. The van der Waals surface area contributed by atoms with Gasteiger partial charge in [-0.15, -0.1) is 0 Å². The summed E-state index contributed by atoms with van der Waals surface area (Å²) in [5.41, 5.74) is 0. The lowest BCUT2D eigenvalue weighted by Gasteiger charge is -2.36. The number of carbonyl (C=O) groups excluding carboxylic acids is 1. The van der Waals surface area contributed by atoms with E-state index >= 15 is 0 Å². The van der Waals surface area contributed by atoms with Crippen LogP contribution in [0.3, 0.4) is 0 Å². The molecule has 0 heterocycles. The second-order valence-electron chi connectivity index (χ2n) is 3.29. The Bertz CT molecular complexity index is 209. The van der Waals surface area contributed by atoms with Crippen molar-refractivity contribution in [3.05, 3.63) is 0 Å². The lowest BCUT2D eigenvalue weighted by Crippen LogP contribution is -2.33. The fraction of sp³-hybridized carbons (Fsp3) is 0.900. The summed E-state index contributed by atoms with van der Waals surface area (Å²) in [5, 5.41) is 0. The first kappa shape index (κ1) is 14.8. The minimum Gasteiger partial charge on any atom is -0.303 e. The second kappa shape index (κ2) is 7.15. The zero-order valence-electron chi connectivity index (χ0n) is 10.3. The number of nitrogens with zero attached hydrogens (tertiary/aromatic N) is 2. The van der Waals surface area contributed by atoms with E-state index in [0.29, 0.717) is 0 Å². The Morgan fingerprint density at radius 2 is 1.27 bits per heavy atom. The van der Waals surface area contributed by atoms with Gasteiger partial charge in [0.25, 0.3) is 0 Å². The van der Waals surface area contributed by atoms with E-state index in [1.165, 1.54) is 0 Å². The molecule has 90 valence electrons. The molecular weight excluding hydrogens is 211 g/mol. The van der Waals surface area contributed by atoms with Crippen molar-refractivity contribution in [2.75, 3.05) is 32.3 Å². The molecular formula is C10H23N2O2P. The molecule has 5 heteroatoms. The fourth-order valence-electron chi connectivity index (χ4n) is 1.84. The van der Waals surface area contributed by atoms with E-state index in [1.807, 2.05) is 37.0 Å². The average Bonchev–Trinajstić information content (AvgIpc) is 2.21. The molecule has 0 saturated heterocycles. The van der Waals surface area contributed by atoms with Crippen LogP contribution in [0.1, 0.15) is 27.7 Å². The Balaban J connectivity index is 5.00. The van der Waals surface area contributed by atoms with Gasteiger partial charge in [-0.25, -0.2) is 9.34 Å². The number of hydrogen-bond donors (Lipinski definition) is 0. The average molecular weight is 234 g/mol. The second-order valence-corrected chi connectivity index (χ2v) is 6.12. The van der Waals surface area contributed by atoms with Crippen LogP contribution in [0.2, 0.25) is 0 Å². The van der Waals surface area contributed by atoms with Gasteiger partial charge in [-0.05, 0) is 0 Å². The molecule has 0 aromatic rings. The largest absolute Gasteiger partial charge is 0.303 e. The van der Waals surface area contributed by atoms with Crippen molar-refractivity contribution in [3.63, 3.8) is 0 Å². The molecule has 0 aliphatic rings. The molecule has 0 spiro atoms. The molecule has 0 saturated carbocycles. The van der Waals surface area contributed by atoms with Crippen LogP contribution in [0, 0.1) is 0 Å². The Morgan fingerprint density at radius 1 is 0.933 bits per heavy atom. The minimum atomic E-state index is -2.64. The summed E-state index contributed by atoms with van der Waals surface area (Å²) in [7, 11) is -2.64. The van der Waals surface area contributed by atoms with Crippen molar-refractivity contribution >= 4 is 13.7 Å². The number of hydrogen-bond acceptors (Lipinski definition) is 2. The van der Waals surface area contributed by atoms with Crippen LogP contribution in [0.4, 0.5) is 0 Å². The third kappa shape index (κ3) is 3.40. The SMILES string of the molecule is CCN(CC)P(=O)(CC=O)N(CC)CC. The topological polar surface area (TPSA) is 40.6 Å². The summed E-state index contributed by atoms with van der Waals surface area (Å²) in [5.74, 6) is 0. The first-order valence-electron chi connectivity index (χ1n) is 5.64. The molecule has 0 aromatic carbocycles. The van der Waals surface area contributed by atoms with Gasteiger partial charge in [0.1, 0.15) is 6.29 Å². The summed E-state index contributed by atoms with van der Waals surface area (Å²) in [6, 6.07) is 0. The Morgan fingerprint density at radius 3 is 1.47 bits per heavy atom. The fourth-order valence-corrected chi connectivity index (χ4v) is 4.62. The first-order chi connectivity index (χ1) is 7.10. The van der Waals surface area contributed by atoms with E-state index in [9.17, 15) is 9.36 Å².